The van der Waals surface area contributed by atoms with Crippen molar-refractivity contribution >= 4 is 38.5 Å². The van der Waals surface area contributed by atoms with Crippen molar-refractivity contribution in [2.45, 2.75) is 13.3 Å². The van der Waals surface area contributed by atoms with Gasteiger partial charge in [0.1, 0.15) is 10.8 Å². The molecule has 5 heteroatoms. The molecule has 0 aliphatic rings. The molecule has 0 radical (unpaired) electrons. The number of Topliss-reactive ketones (excluding diaryl/α,β-unsaturated/α-hetero) is 1. The van der Waals surface area contributed by atoms with Crippen LogP contribution < -0.4 is 0 Å². The van der Waals surface area contributed by atoms with Gasteiger partial charge in [0.2, 0.25) is 0 Å². The van der Waals surface area contributed by atoms with Gasteiger partial charge in [-0.25, -0.2) is 9.37 Å². The number of benzene rings is 1. The van der Waals surface area contributed by atoms with E-state index in [1.54, 1.807) is 12.1 Å². The van der Waals surface area contributed by atoms with Gasteiger partial charge in [0, 0.05) is 15.8 Å². The average Bonchev–Trinajstić information content (AvgIpc) is 2.95. The predicted molar refractivity (Wildman–Crippen MR) is 76.7 cm³/mol. The van der Waals surface area contributed by atoms with Crippen molar-refractivity contribution in [1.82, 2.24) is 4.98 Å². The first-order valence-electron chi connectivity index (χ1n) is 5.75. The Bertz CT molecular complexity index is 760. The number of hydrogen-bond acceptors (Lipinski definition) is 4. The molecule has 0 saturated heterocycles. The van der Waals surface area contributed by atoms with E-state index in [0.717, 1.165) is 20.8 Å². The fourth-order valence-corrected chi connectivity index (χ4v) is 3.61. The minimum Gasteiger partial charge on any atom is -0.293 e. The van der Waals surface area contributed by atoms with Gasteiger partial charge in [-0.3, -0.25) is 4.79 Å². The van der Waals surface area contributed by atoms with Crippen LogP contribution in [0.15, 0.2) is 29.6 Å². The van der Waals surface area contributed by atoms with Crippen molar-refractivity contribution < 1.29 is 9.18 Å². The maximum atomic E-state index is 13.1. The van der Waals surface area contributed by atoms with Gasteiger partial charge in [-0.15, -0.1) is 22.7 Å². The van der Waals surface area contributed by atoms with Gasteiger partial charge in [-0.1, -0.05) is 0 Å². The highest BCUT2D eigenvalue weighted by molar-refractivity contribution is 7.20. The molecule has 3 rings (SSSR count). The van der Waals surface area contributed by atoms with E-state index in [0.29, 0.717) is 11.3 Å². The van der Waals surface area contributed by atoms with Gasteiger partial charge >= 0.3 is 0 Å². The molecular weight excluding hydrogens is 281 g/mol. The van der Waals surface area contributed by atoms with E-state index in [1.807, 2.05) is 12.3 Å². The summed E-state index contributed by atoms with van der Waals surface area (Å²) < 4.78 is 14.0. The monoisotopic (exact) mass is 291 g/mol. The summed E-state index contributed by atoms with van der Waals surface area (Å²) in [6.45, 7) is 1.91. The molecule has 0 fully saturated rings. The van der Waals surface area contributed by atoms with Gasteiger partial charge in [0.25, 0.3) is 0 Å². The van der Waals surface area contributed by atoms with E-state index in [9.17, 15) is 9.18 Å². The number of rotatable bonds is 3. The summed E-state index contributed by atoms with van der Waals surface area (Å²) >= 11 is 2.90. The number of aryl methyl sites for hydroxylation is 1. The topological polar surface area (TPSA) is 30.0 Å². The van der Waals surface area contributed by atoms with E-state index in [-0.39, 0.29) is 11.6 Å². The second-order valence-electron chi connectivity index (χ2n) is 4.28. The number of thiophene rings is 1. The molecule has 0 amide bonds. The maximum absolute atomic E-state index is 13.1. The number of halogens is 1. The van der Waals surface area contributed by atoms with Crippen molar-refractivity contribution in [1.29, 1.82) is 0 Å². The van der Waals surface area contributed by atoms with Crippen LogP contribution in [-0.4, -0.2) is 10.8 Å². The normalized spacial score (nSPS) is 11.1. The summed E-state index contributed by atoms with van der Waals surface area (Å²) in [5.41, 5.74) is 0.936. The van der Waals surface area contributed by atoms with Crippen LogP contribution in [0.5, 0.6) is 0 Å². The molecule has 2 aromatic heterocycles. The van der Waals surface area contributed by atoms with Crippen molar-refractivity contribution in [2.75, 3.05) is 0 Å². The highest BCUT2D eigenvalue weighted by Gasteiger charge is 2.13. The zero-order valence-corrected chi connectivity index (χ0v) is 11.8. The zero-order chi connectivity index (χ0) is 13.4. The van der Waals surface area contributed by atoms with Crippen LogP contribution >= 0.6 is 22.7 Å². The van der Waals surface area contributed by atoms with Crippen LogP contribution in [0, 0.1) is 12.7 Å². The Labute approximate surface area is 117 Å². The number of aromatic nitrogens is 1. The summed E-state index contributed by atoms with van der Waals surface area (Å²) in [6.07, 6.45) is 0.313. The Kier molecular flexibility index (Phi) is 3.16. The van der Waals surface area contributed by atoms with Crippen molar-refractivity contribution in [3.63, 3.8) is 0 Å². The van der Waals surface area contributed by atoms with Crippen molar-refractivity contribution in [3.05, 3.63) is 51.0 Å². The van der Waals surface area contributed by atoms with Gasteiger partial charge in [-0.2, -0.15) is 0 Å². The molecule has 0 saturated carbocycles. The Morgan fingerprint density at radius 1 is 1.37 bits per heavy atom. The third-order valence-corrected chi connectivity index (χ3v) is 4.86. The van der Waals surface area contributed by atoms with Gasteiger partial charge in [0.15, 0.2) is 5.78 Å². The van der Waals surface area contributed by atoms with Crippen LogP contribution in [0.2, 0.25) is 0 Å². The zero-order valence-electron chi connectivity index (χ0n) is 10.1. The quantitative estimate of drug-likeness (QED) is 0.676. The molecule has 19 heavy (non-hydrogen) atoms. The first kappa shape index (κ1) is 12.4. The van der Waals surface area contributed by atoms with Crippen LogP contribution in [0.1, 0.15) is 20.4 Å². The number of nitrogens with zero attached hydrogens (tertiary/aromatic N) is 1. The summed E-state index contributed by atoms with van der Waals surface area (Å²) in [5.74, 6) is -0.240. The van der Waals surface area contributed by atoms with Crippen molar-refractivity contribution in [2.24, 2.45) is 0 Å². The lowest BCUT2D eigenvalue weighted by Crippen LogP contribution is -2.00. The van der Waals surface area contributed by atoms with Crippen molar-refractivity contribution in [3.8, 4) is 0 Å². The second-order valence-corrected chi connectivity index (χ2v) is 6.30. The highest BCUT2D eigenvalue weighted by atomic mass is 32.1. The number of hydrogen-bond donors (Lipinski definition) is 0. The maximum Gasteiger partial charge on any atom is 0.179 e. The molecule has 2 nitrogen and oxygen atoms in total. The SMILES string of the molecule is Cc1csc(CC(=O)c2cc3cc(F)ccc3s2)n1. The van der Waals surface area contributed by atoms with E-state index in [4.69, 9.17) is 0 Å². The smallest absolute Gasteiger partial charge is 0.179 e. The minimum atomic E-state index is -0.278. The molecule has 0 aliphatic heterocycles. The van der Waals surface area contributed by atoms with E-state index in [2.05, 4.69) is 4.98 Å². The fraction of sp³-hybridized carbons (Fsp3) is 0.143. The van der Waals surface area contributed by atoms with Crippen LogP contribution in [0.3, 0.4) is 0 Å². The summed E-state index contributed by atoms with van der Waals surface area (Å²) in [4.78, 5) is 17.1. The summed E-state index contributed by atoms with van der Waals surface area (Å²) in [5, 5.41) is 3.54. The largest absolute Gasteiger partial charge is 0.293 e. The lowest BCUT2D eigenvalue weighted by molar-refractivity contribution is 0.0997. The Morgan fingerprint density at radius 2 is 2.21 bits per heavy atom. The summed E-state index contributed by atoms with van der Waals surface area (Å²) in [7, 11) is 0. The lowest BCUT2D eigenvalue weighted by Gasteiger charge is -1.92. The first-order valence-corrected chi connectivity index (χ1v) is 7.45. The second kappa shape index (κ2) is 4.83. The Hall–Kier alpha value is -1.59. The standard InChI is InChI=1S/C14H10FNOS2/c1-8-7-18-14(16-8)6-11(17)13-5-9-4-10(15)2-3-12(9)19-13/h2-5,7H,6H2,1H3. The van der Waals surface area contributed by atoms with E-state index in [1.165, 1.54) is 34.8 Å². The fourth-order valence-electron chi connectivity index (χ4n) is 1.86. The van der Waals surface area contributed by atoms with Gasteiger partial charge in [0.05, 0.1) is 11.3 Å². The molecular formula is C14H10FNOS2. The number of thiazole rings is 1. The van der Waals surface area contributed by atoms with E-state index < -0.39 is 0 Å². The Morgan fingerprint density at radius 3 is 2.95 bits per heavy atom. The first-order chi connectivity index (χ1) is 9.11. The van der Waals surface area contributed by atoms with Crippen LogP contribution in [0.4, 0.5) is 4.39 Å². The molecule has 3 aromatic rings. The third-order valence-electron chi connectivity index (χ3n) is 2.73. The molecule has 96 valence electrons. The number of carbonyl (C=O) groups is 1. The van der Waals surface area contributed by atoms with Crippen LogP contribution in [0.25, 0.3) is 10.1 Å². The molecule has 0 aliphatic carbocycles. The summed E-state index contributed by atoms with van der Waals surface area (Å²) in [6, 6.07) is 6.33. The molecule has 0 spiro atoms. The Balaban J connectivity index is 1.89. The highest BCUT2D eigenvalue weighted by Crippen LogP contribution is 2.27. The van der Waals surface area contributed by atoms with Gasteiger partial charge in [-0.05, 0) is 36.6 Å². The lowest BCUT2D eigenvalue weighted by atomic mass is 10.2. The predicted octanol–water partition coefficient (Wildman–Crippen LogP) is 4.23. The van der Waals surface area contributed by atoms with Gasteiger partial charge < -0.3 is 0 Å². The number of carbonyl (C=O) groups excluding carboxylic acids is 1. The molecule has 0 unspecified atom stereocenters. The minimum absolute atomic E-state index is 0.0379. The molecule has 0 bridgehead atoms. The third kappa shape index (κ3) is 2.57. The number of fused-ring (bicyclic) bond motifs is 1. The molecule has 0 N–H and O–H groups in total. The molecule has 0 atom stereocenters. The van der Waals surface area contributed by atoms with E-state index >= 15 is 0 Å². The average molecular weight is 291 g/mol. The number of ketones is 1. The molecule has 2 heterocycles. The van der Waals surface area contributed by atoms with Crippen LogP contribution in [-0.2, 0) is 6.42 Å². The molecule has 1 aromatic carbocycles.